The minimum Gasteiger partial charge on any atom is -0.464 e. The zero-order valence-electron chi connectivity index (χ0n) is 10.3. The molecule has 0 aliphatic carbocycles. The molecule has 0 saturated carbocycles. The van der Waals surface area contributed by atoms with Crippen molar-refractivity contribution in [3.63, 3.8) is 0 Å². The van der Waals surface area contributed by atoms with Gasteiger partial charge in [0.2, 0.25) is 10.9 Å². The lowest BCUT2D eigenvalue weighted by Crippen LogP contribution is -2.39. The minimum absolute atomic E-state index is 0.102. The lowest BCUT2D eigenvalue weighted by atomic mass is 9.98. The number of anilines is 1. The van der Waals surface area contributed by atoms with Gasteiger partial charge >= 0.3 is 5.97 Å². The number of carbonyl (C=O) groups is 1. The van der Waals surface area contributed by atoms with Crippen LogP contribution in [0.3, 0.4) is 0 Å². The highest BCUT2D eigenvalue weighted by molar-refractivity contribution is 5.87. The molecule has 1 unspecified atom stereocenters. The number of benzene rings is 1. The maximum Gasteiger partial charge on any atom is 0.328 e. The number of carbonyl (C=O) groups excluding carboxylic acids is 1. The van der Waals surface area contributed by atoms with Crippen molar-refractivity contribution in [3.8, 4) is 11.1 Å². The van der Waals surface area contributed by atoms with Gasteiger partial charge < -0.3 is 10.1 Å². The lowest BCUT2D eigenvalue weighted by Gasteiger charge is -2.15. The highest BCUT2D eigenvalue weighted by Gasteiger charge is 2.31. The molecule has 1 atom stereocenters. The molecule has 20 heavy (non-hydrogen) atoms. The summed E-state index contributed by atoms with van der Waals surface area (Å²) in [6, 6.07) is 4.64. The third kappa shape index (κ3) is 1.89. The monoisotopic (exact) mass is 275 g/mol. The van der Waals surface area contributed by atoms with E-state index < -0.39 is 28.7 Å². The number of nitrogens with one attached hydrogen (secondary N) is 1. The zero-order chi connectivity index (χ0) is 14.3. The average molecular weight is 275 g/mol. The van der Waals surface area contributed by atoms with E-state index in [-0.39, 0.29) is 17.9 Å². The number of hydrogen-bond acceptors (Lipinski definition) is 5. The summed E-state index contributed by atoms with van der Waals surface area (Å²) in [5.41, 5.74) is -0.556. The normalized spacial score (nSPS) is 18.2. The maximum absolute atomic E-state index is 12.9. The van der Waals surface area contributed by atoms with E-state index in [0.29, 0.717) is 12.0 Å². The van der Waals surface area contributed by atoms with Crippen molar-refractivity contribution in [1.82, 2.24) is 0 Å². The number of esters is 1. The van der Waals surface area contributed by atoms with Crippen LogP contribution >= 0.6 is 0 Å². The van der Waals surface area contributed by atoms with Crippen LogP contribution in [0, 0.1) is 5.82 Å². The zero-order valence-corrected chi connectivity index (χ0v) is 10.3. The summed E-state index contributed by atoms with van der Waals surface area (Å²) in [5, 5.41) is 2.75. The fraction of sp³-hybridized carbons (Fsp3) is 0.214. The first-order chi connectivity index (χ1) is 9.58. The van der Waals surface area contributed by atoms with Gasteiger partial charge in [-0.1, -0.05) is 12.1 Å². The van der Waals surface area contributed by atoms with Crippen molar-refractivity contribution in [2.24, 2.45) is 0 Å². The molecule has 2 aromatic rings. The molecular formula is C14H10FNO4. The first kappa shape index (κ1) is 12.5. The summed E-state index contributed by atoms with van der Waals surface area (Å²) in [7, 11) is 0. The molecule has 1 saturated heterocycles. The van der Waals surface area contributed by atoms with E-state index >= 15 is 0 Å². The molecule has 102 valence electrons. The lowest BCUT2D eigenvalue weighted by molar-refractivity contribution is -0.138. The van der Waals surface area contributed by atoms with Crippen LogP contribution in [0.5, 0.6) is 0 Å². The highest BCUT2D eigenvalue weighted by atomic mass is 19.1. The number of hydrogen-bond donors (Lipinski definition) is 1. The quantitative estimate of drug-likeness (QED) is 0.663. The number of rotatable bonds is 3. The standard InChI is InChI=1S/C14H10FNO4/c15-8-3-1-7(2-4-8)10-11(13(18)12(10)17)16-9-5-6-20-14(9)19/h1-4,9,16H,5-6H2. The van der Waals surface area contributed by atoms with E-state index in [9.17, 15) is 18.8 Å². The van der Waals surface area contributed by atoms with Gasteiger partial charge in [0.15, 0.2) is 0 Å². The topological polar surface area (TPSA) is 72.5 Å². The fourth-order valence-corrected chi connectivity index (χ4v) is 2.22. The van der Waals surface area contributed by atoms with Crippen molar-refractivity contribution in [3.05, 3.63) is 50.5 Å². The predicted octanol–water partition coefficient (Wildman–Crippen LogP) is 0.816. The van der Waals surface area contributed by atoms with Gasteiger partial charge in [-0.05, 0) is 17.7 Å². The maximum atomic E-state index is 12.9. The van der Waals surface area contributed by atoms with Crippen molar-refractivity contribution in [1.29, 1.82) is 0 Å². The van der Waals surface area contributed by atoms with Crippen molar-refractivity contribution in [2.75, 3.05) is 11.9 Å². The molecule has 0 radical (unpaired) electrons. The van der Waals surface area contributed by atoms with Gasteiger partial charge in [-0.25, -0.2) is 9.18 Å². The van der Waals surface area contributed by atoms with E-state index in [1.165, 1.54) is 24.3 Å². The van der Waals surface area contributed by atoms with Gasteiger partial charge in [-0.2, -0.15) is 0 Å². The number of cyclic esters (lactones) is 1. The molecule has 0 amide bonds. The highest BCUT2D eigenvalue weighted by Crippen LogP contribution is 2.25. The van der Waals surface area contributed by atoms with Crippen LogP contribution in [0.1, 0.15) is 6.42 Å². The van der Waals surface area contributed by atoms with Crippen LogP contribution in [-0.4, -0.2) is 18.6 Å². The second kappa shape index (κ2) is 4.56. The van der Waals surface area contributed by atoms with Crippen LogP contribution in [0.2, 0.25) is 0 Å². The van der Waals surface area contributed by atoms with Gasteiger partial charge in [0.1, 0.15) is 11.9 Å². The molecule has 1 fully saturated rings. The van der Waals surface area contributed by atoms with Crippen LogP contribution in [0.4, 0.5) is 10.1 Å². The van der Waals surface area contributed by atoms with Gasteiger partial charge in [0, 0.05) is 6.42 Å². The SMILES string of the molecule is O=C1OCCC1Nc1c(-c2ccc(F)cc2)c(=O)c1=O. The molecule has 6 heteroatoms. The van der Waals surface area contributed by atoms with Crippen LogP contribution < -0.4 is 16.2 Å². The third-order valence-electron chi connectivity index (χ3n) is 3.30. The van der Waals surface area contributed by atoms with Gasteiger partial charge in [-0.3, -0.25) is 9.59 Å². The molecule has 5 nitrogen and oxygen atoms in total. The summed E-state index contributed by atoms with van der Waals surface area (Å²) in [6.45, 7) is 0.289. The summed E-state index contributed by atoms with van der Waals surface area (Å²) < 4.78 is 17.7. The van der Waals surface area contributed by atoms with E-state index in [0.717, 1.165) is 0 Å². The van der Waals surface area contributed by atoms with Gasteiger partial charge in [0.25, 0.3) is 0 Å². The molecule has 0 aromatic heterocycles. The molecule has 1 aliphatic heterocycles. The number of halogens is 1. The Balaban J connectivity index is 1.95. The van der Waals surface area contributed by atoms with E-state index in [4.69, 9.17) is 4.74 Å². The van der Waals surface area contributed by atoms with Crippen molar-refractivity contribution >= 4 is 11.7 Å². The average Bonchev–Trinajstić information content (AvgIpc) is 2.85. The van der Waals surface area contributed by atoms with Crippen LogP contribution in [0.15, 0.2) is 33.9 Å². The Morgan fingerprint density at radius 1 is 1.10 bits per heavy atom. The first-order valence-electron chi connectivity index (χ1n) is 6.10. The summed E-state index contributed by atoms with van der Waals surface area (Å²) in [6.07, 6.45) is 0.445. The molecule has 1 heterocycles. The Labute approximate surface area is 112 Å². The second-order valence-electron chi connectivity index (χ2n) is 4.57. The predicted molar refractivity (Wildman–Crippen MR) is 69.7 cm³/mol. The van der Waals surface area contributed by atoms with E-state index in [1.54, 1.807) is 0 Å². The largest absolute Gasteiger partial charge is 0.464 e. The molecule has 0 spiro atoms. The van der Waals surface area contributed by atoms with Crippen molar-refractivity contribution < 1.29 is 13.9 Å². The summed E-state index contributed by atoms with van der Waals surface area (Å²) >= 11 is 0. The summed E-state index contributed by atoms with van der Waals surface area (Å²) in [5.74, 6) is -0.871. The Bertz CT molecular complexity index is 743. The molecular weight excluding hydrogens is 265 g/mol. The third-order valence-corrected chi connectivity index (χ3v) is 3.30. The smallest absolute Gasteiger partial charge is 0.328 e. The Hall–Kier alpha value is -2.50. The van der Waals surface area contributed by atoms with Crippen LogP contribution in [-0.2, 0) is 9.53 Å². The Morgan fingerprint density at radius 3 is 2.40 bits per heavy atom. The fourth-order valence-electron chi connectivity index (χ4n) is 2.22. The minimum atomic E-state index is -0.663. The number of ether oxygens (including phenoxy) is 1. The summed E-state index contributed by atoms with van der Waals surface area (Å²) in [4.78, 5) is 34.6. The molecule has 1 N–H and O–H groups in total. The van der Waals surface area contributed by atoms with Crippen LogP contribution in [0.25, 0.3) is 11.1 Å². The molecule has 3 rings (SSSR count). The molecule has 0 bridgehead atoms. The van der Waals surface area contributed by atoms with E-state index in [1.807, 2.05) is 0 Å². The van der Waals surface area contributed by atoms with Gasteiger partial charge in [-0.15, -0.1) is 0 Å². The van der Waals surface area contributed by atoms with E-state index in [2.05, 4.69) is 5.32 Å². The molecule has 2 aromatic carbocycles. The van der Waals surface area contributed by atoms with Gasteiger partial charge in [0.05, 0.1) is 17.9 Å². The molecule has 1 aliphatic rings. The Morgan fingerprint density at radius 2 is 1.80 bits per heavy atom. The first-order valence-corrected chi connectivity index (χ1v) is 6.10. The Kier molecular flexibility index (Phi) is 2.85. The second-order valence-corrected chi connectivity index (χ2v) is 4.57. The van der Waals surface area contributed by atoms with Crippen molar-refractivity contribution in [2.45, 2.75) is 12.5 Å².